The van der Waals surface area contributed by atoms with Crippen molar-refractivity contribution < 1.29 is 0 Å². The smallest absolute Gasteiger partial charge is 0.0620 e. The molecule has 0 amide bonds. The predicted molar refractivity (Wildman–Crippen MR) is 212 cm³/mol. The summed E-state index contributed by atoms with van der Waals surface area (Å²) in [5.41, 5.74) is 9.76. The summed E-state index contributed by atoms with van der Waals surface area (Å²) < 4.78 is 5.16. The molecule has 0 aliphatic rings. The number of hydrogen-bond donors (Lipinski definition) is 0. The Balaban J connectivity index is 1.09. The van der Waals surface area contributed by atoms with Gasteiger partial charge in [-0.2, -0.15) is 0 Å². The molecule has 0 radical (unpaired) electrons. The molecule has 0 fully saturated rings. The van der Waals surface area contributed by atoms with E-state index in [0.717, 1.165) is 17.1 Å². The maximum atomic E-state index is 2.51. The molecular formula is C46H28N2S. The second-order valence-electron chi connectivity index (χ2n) is 12.9. The van der Waals surface area contributed by atoms with Gasteiger partial charge in [-0.05, 0) is 77.2 Å². The van der Waals surface area contributed by atoms with E-state index in [1.807, 2.05) is 11.3 Å². The SMILES string of the molecule is c1ccc(N(c2ccccc2)c2ccc(-c3ccc4sc5ccc6c(ccc7c8cccc9c%10ccccc%10n(c67)c98)c5c4c3)cc2)cc1. The van der Waals surface area contributed by atoms with Gasteiger partial charge < -0.3 is 9.30 Å². The minimum Gasteiger partial charge on any atom is -0.311 e. The van der Waals surface area contributed by atoms with Crippen molar-refractivity contribution in [1.82, 2.24) is 4.40 Å². The molecule has 0 N–H and O–H groups in total. The minimum absolute atomic E-state index is 1.13. The van der Waals surface area contributed by atoms with Crippen LogP contribution in [0.5, 0.6) is 0 Å². The molecule has 0 aliphatic carbocycles. The van der Waals surface area contributed by atoms with Crippen LogP contribution in [0.2, 0.25) is 0 Å². The van der Waals surface area contributed by atoms with E-state index in [2.05, 4.69) is 179 Å². The largest absolute Gasteiger partial charge is 0.311 e. The van der Waals surface area contributed by atoms with Gasteiger partial charge in [0.25, 0.3) is 0 Å². The van der Waals surface area contributed by atoms with Crippen molar-refractivity contribution in [2.75, 3.05) is 4.90 Å². The van der Waals surface area contributed by atoms with Crippen LogP contribution in [-0.4, -0.2) is 4.40 Å². The zero-order chi connectivity index (χ0) is 32.1. The van der Waals surface area contributed by atoms with E-state index in [0.29, 0.717) is 0 Å². The normalized spacial score (nSPS) is 12.1. The highest BCUT2D eigenvalue weighted by Gasteiger charge is 2.20. The average molecular weight is 641 g/mol. The lowest BCUT2D eigenvalue weighted by molar-refractivity contribution is 1.28. The Bertz CT molecular complexity index is 2990. The highest BCUT2D eigenvalue weighted by Crippen LogP contribution is 2.46. The van der Waals surface area contributed by atoms with Crippen molar-refractivity contribution in [3.63, 3.8) is 0 Å². The summed E-state index contributed by atoms with van der Waals surface area (Å²) in [4.78, 5) is 2.31. The molecule has 8 aromatic carbocycles. The van der Waals surface area contributed by atoms with Gasteiger partial charge >= 0.3 is 0 Å². The van der Waals surface area contributed by atoms with Gasteiger partial charge in [-0.3, -0.25) is 0 Å². The molecule has 0 aliphatic heterocycles. The van der Waals surface area contributed by atoms with Crippen molar-refractivity contribution >= 4 is 97.4 Å². The van der Waals surface area contributed by atoms with E-state index in [-0.39, 0.29) is 0 Å². The standard InChI is InChI=1S/C46H28N2S/c1-3-10-31(11-4-1)47(32-12-5-2-6-13-32)33-21-18-29(19-22-33)30-20-26-42-40(28-30)44-35-23-24-39-37-16-9-15-36-34-14-7-8-17-41(34)48(45(36)37)46(39)38(35)25-27-43(44)49-42/h1-28H. The van der Waals surface area contributed by atoms with E-state index in [1.54, 1.807) is 0 Å². The third kappa shape index (κ3) is 3.82. The molecule has 0 atom stereocenters. The van der Waals surface area contributed by atoms with E-state index < -0.39 is 0 Å². The molecule has 228 valence electrons. The lowest BCUT2D eigenvalue weighted by Gasteiger charge is -2.25. The van der Waals surface area contributed by atoms with Gasteiger partial charge in [0.2, 0.25) is 0 Å². The minimum atomic E-state index is 1.13. The van der Waals surface area contributed by atoms with Crippen LogP contribution in [0.3, 0.4) is 0 Å². The first kappa shape index (κ1) is 26.9. The average Bonchev–Trinajstić information content (AvgIpc) is 3.83. The molecular weight excluding hydrogens is 613 g/mol. The van der Waals surface area contributed by atoms with Crippen molar-refractivity contribution in [2.45, 2.75) is 0 Å². The fourth-order valence-corrected chi connectivity index (χ4v) is 9.28. The molecule has 3 aromatic heterocycles. The van der Waals surface area contributed by atoms with Crippen LogP contribution in [0.15, 0.2) is 170 Å². The van der Waals surface area contributed by atoms with Gasteiger partial charge in [0.15, 0.2) is 0 Å². The molecule has 11 rings (SSSR count). The van der Waals surface area contributed by atoms with Crippen LogP contribution >= 0.6 is 11.3 Å². The van der Waals surface area contributed by atoms with Gasteiger partial charge in [-0.1, -0.05) is 109 Å². The summed E-state index contributed by atoms with van der Waals surface area (Å²) in [5.74, 6) is 0. The number of aromatic nitrogens is 1. The monoisotopic (exact) mass is 640 g/mol. The number of benzene rings is 8. The van der Waals surface area contributed by atoms with Gasteiger partial charge in [-0.15, -0.1) is 11.3 Å². The van der Waals surface area contributed by atoms with E-state index in [9.17, 15) is 0 Å². The van der Waals surface area contributed by atoms with E-state index in [1.165, 1.54) is 80.2 Å². The number of hydrogen-bond acceptors (Lipinski definition) is 2. The quantitative estimate of drug-likeness (QED) is 0.186. The molecule has 2 nitrogen and oxygen atoms in total. The van der Waals surface area contributed by atoms with E-state index >= 15 is 0 Å². The maximum absolute atomic E-state index is 2.51. The molecule has 0 spiro atoms. The highest BCUT2D eigenvalue weighted by atomic mass is 32.1. The third-order valence-electron chi connectivity index (χ3n) is 10.3. The number of fused-ring (bicyclic) bond motifs is 12. The van der Waals surface area contributed by atoms with Gasteiger partial charge in [0.1, 0.15) is 0 Å². The van der Waals surface area contributed by atoms with Crippen LogP contribution in [0.4, 0.5) is 17.1 Å². The van der Waals surface area contributed by atoms with Crippen molar-refractivity contribution in [3.8, 4) is 11.1 Å². The Hall–Kier alpha value is -6.16. The molecule has 0 bridgehead atoms. The number of thiophene rings is 1. The Kier molecular flexibility index (Phi) is 5.57. The van der Waals surface area contributed by atoms with Crippen molar-refractivity contribution in [2.24, 2.45) is 0 Å². The van der Waals surface area contributed by atoms with E-state index in [4.69, 9.17) is 0 Å². The second kappa shape index (κ2) is 10.2. The van der Waals surface area contributed by atoms with Crippen LogP contribution in [0.1, 0.15) is 0 Å². The van der Waals surface area contributed by atoms with Gasteiger partial charge in [0.05, 0.1) is 16.6 Å². The number of para-hydroxylation sites is 4. The molecule has 11 aromatic rings. The lowest BCUT2D eigenvalue weighted by atomic mass is 9.98. The summed E-state index contributed by atoms with van der Waals surface area (Å²) >= 11 is 1.89. The summed E-state index contributed by atoms with van der Waals surface area (Å²) in [6, 6.07) is 62.1. The fraction of sp³-hybridized carbons (Fsp3) is 0. The van der Waals surface area contributed by atoms with Gasteiger partial charge in [-0.25, -0.2) is 0 Å². The molecule has 3 heterocycles. The highest BCUT2D eigenvalue weighted by molar-refractivity contribution is 7.26. The first-order chi connectivity index (χ1) is 24.3. The first-order valence-electron chi connectivity index (χ1n) is 16.8. The molecule has 3 heteroatoms. The second-order valence-corrected chi connectivity index (χ2v) is 14.0. The lowest BCUT2D eigenvalue weighted by Crippen LogP contribution is -2.09. The molecule has 0 saturated heterocycles. The Labute approximate surface area is 286 Å². The Morgan fingerprint density at radius 3 is 1.65 bits per heavy atom. The number of rotatable bonds is 4. The fourth-order valence-electron chi connectivity index (χ4n) is 8.18. The molecule has 49 heavy (non-hydrogen) atoms. The van der Waals surface area contributed by atoms with Crippen LogP contribution < -0.4 is 4.90 Å². The van der Waals surface area contributed by atoms with Crippen LogP contribution in [0.25, 0.3) is 80.2 Å². The summed E-state index contributed by atoms with van der Waals surface area (Å²) in [7, 11) is 0. The first-order valence-corrected chi connectivity index (χ1v) is 17.6. The number of nitrogens with zero attached hydrogens (tertiary/aromatic N) is 2. The predicted octanol–water partition coefficient (Wildman–Crippen LogP) is 13.5. The van der Waals surface area contributed by atoms with Crippen LogP contribution in [0, 0.1) is 0 Å². The Morgan fingerprint density at radius 1 is 0.367 bits per heavy atom. The van der Waals surface area contributed by atoms with Gasteiger partial charge in [0, 0.05) is 64.2 Å². The van der Waals surface area contributed by atoms with Crippen molar-refractivity contribution in [1.29, 1.82) is 0 Å². The third-order valence-corrected chi connectivity index (χ3v) is 11.4. The number of anilines is 3. The summed E-state index contributed by atoms with van der Waals surface area (Å²) in [6.07, 6.45) is 0. The summed E-state index contributed by atoms with van der Waals surface area (Å²) in [6.45, 7) is 0. The zero-order valence-electron chi connectivity index (χ0n) is 26.5. The topological polar surface area (TPSA) is 7.65 Å². The zero-order valence-corrected chi connectivity index (χ0v) is 27.3. The molecule has 0 saturated carbocycles. The molecule has 0 unspecified atom stereocenters. The Morgan fingerprint density at radius 2 is 0.898 bits per heavy atom. The van der Waals surface area contributed by atoms with Crippen molar-refractivity contribution in [3.05, 3.63) is 170 Å². The van der Waals surface area contributed by atoms with Crippen LogP contribution in [-0.2, 0) is 0 Å². The summed E-state index contributed by atoms with van der Waals surface area (Å²) in [5, 5.41) is 10.6. The maximum Gasteiger partial charge on any atom is 0.0620 e.